The van der Waals surface area contributed by atoms with Gasteiger partial charge in [0.15, 0.2) is 5.58 Å². The van der Waals surface area contributed by atoms with E-state index in [9.17, 15) is 0 Å². The molecule has 0 saturated heterocycles. The number of nitrogens with zero attached hydrogens (tertiary/aromatic N) is 1. The molecule has 1 N–H and O–H groups in total. The Labute approximate surface area is 103 Å². The molecule has 0 aliphatic carbocycles. The Hall–Kier alpha value is -2.49. The van der Waals surface area contributed by atoms with Crippen molar-refractivity contribution in [3.8, 4) is 5.75 Å². The topological polar surface area (TPSA) is 47.3 Å². The zero-order chi connectivity index (χ0) is 11.9. The van der Waals surface area contributed by atoms with E-state index in [4.69, 9.17) is 9.15 Å². The molecule has 0 radical (unpaired) electrons. The molecule has 1 atom stereocenters. The number of fused-ring (bicyclic) bond motifs is 2. The van der Waals surface area contributed by atoms with E-state index in [1.807, 2.05) is 48.5 Å². The predicted molar refractivity (Wildman–Crippen MR) is 67.4 cm³/mol. The number of aromatic nitrogens is 1. The Kier molecular flexibility index (Phi) is 1.85. The van der Waals surface area contributed by atoms with Crippen molar-refractivity contribution in [3.63, 3.8) is 0 Å². The van der Waals surface area contributed by atoms with Gasteiger partial charge in [0, 0.05) is 0 Å². The maximum atomic E-state index is 5.76. The Morgan fingerprint density at radius 2 is 1.83 bits per heavy atom. The average Bonchev–Trinajstić information content (AvgIpc) is 3.02. The summed E-state index contributed by atoms with van der Waals surface area (Å²) in [6.07, 6.45) is -0.352. The first-order valence-electron chi connectivity index (χ1n) is 5.78. The van der Waals surface area contributed by atoms with Gasteiger partial charge in [-0.15, -0.1) is 0 Å². The first-order chi connectivity index (χ1) is 8.90. The zero-order valence-electron chi connectivity index (χ0n) is 9.46. The van der Waals surface area contributed by atoms with E-state index >= 15 is 0 Å². The number of hydrogen-bond acceptors (Lipinski definition) is 4. The summed E-state index contributed by atoms with van der Waals surface area (Å²) in [5.74, 6) is 1.37. The summed E-state index contributed by atoms with van der Waals surface area (Å²) in [4.78, 5) is 4.42. The van der Waals surface area contributed by atoms with Crippen LogP contribution < -0.4 is 10.1 Å². The molecule has 2 aromatic carbocycles. The Morgan fingerprint density at radius 1 is 1.00 bits per heavy atom. The van der Waals surface area contributed by atoms with Gasteiger partial charge in [-0.25, -0.2) is 4.98 Å². The van der Waals surface area contributed by atoms with Gasteiger partial charge in [0.25, 0.3) is 5.89 Å². The van der Waals surface area contributed by atoms with Crippen molar-refractivity contribution in [2.45, 2.75) is 6.23 Å². The maximum absolute atomic E-state index is 5.76. The van der Waals surface area contributed by atoms with Gasteiger partial charge in [0.2, 0.25) is 6.23 Å². The van der Waals surface area contributed by atoms with Crippen molar-refractivity contribution >= 4 is 16.8 Å². The lowest BCUT2D eigenvalue weighted by atomic mass is 10.3. The van der Waals surface area contributed by atoms with Gasteiger partial charge >= 0.3 is 0 Å². The van der Waals surface area contributed by atoms with Gasteiger partial charge in [0.05, 0.1) is 5.69 Å². The minimum atomic E-state index is -0.352. The molecule has 1 unspecified atom stereocenters. The number of rotatable bonds is 1. The summed E-state index contributed by atoms with van der Waals surface area (Å²) in [5.41, 5.74) is 2.58. The highest BCUT2D eigenvalue weighted by Crippen LogP contribution is 2.37. The zero-order valence-corrected chi connectivity index (χ0v) is 9.46. The average molecular weight is 238 g/mol. The molecule has 4 nitrogen and oxygen atoms in total. The second-order valence-corrected chi connectivity index (χ2v) is 4.16. The van der Waals surface area contributed by atoms with Crippen molar-refractivity contribution < 1.29 is 9.15 Å². The number of nitrogens with one attached hydrogen (secondary N) is 1. The highest BCUT2D eigenvalue weighted by atomic mass is 16.5. The molecule has 1 aromatic heterocycles. The summed E-state index contributed by atoms with van der Waals surface area (Å²) < 4.78 is 11.4. The van der Waals surface area contributed by atoms with Crippen molar-refractivity contribution in [2.24, 2.45) is 0 Å². The van der Waals surface area contributed by atoms with Gasteiger partial charge in [-0.1, -0.05) is 24.3 Å². The van der Waals surface area contributed by atoms with Crippen LogP contribution in [-0.2, 0) is 0 Å². The molecule has 0 amide bonds. The Bertz CT molecular complexity index is 662. The fourth-order valence-electron chi connectivity index (χ4n) is 2.10. The lowest BCUT2D eigenvalue weighted by molar-refractivity contribution is 0.221. The number of para-hydroxylation sites is 4. The van der Waals surface area contributed by atoms with E-state index in [0.29, 0.717) is 5.89 Å². The van der Waals surface area contributed by atoms with E-state index in [-0.39, 0.29) is 6.23 Å². The van der Waals surface area contributed by atoms with Crippen molar-refractivity contribution in [2.75, 3.05) is 5.32 Å². The van der Waals surface area contributed by atoms with Crippen molar-refractivity contribution in [1.29, 1.82) is 0 Å². The van der Waals surface area contributed by atoms with Crippen LogP contribution in [-0.4, -0.2) is 4.98 Å². The Morgan fingerprint density at radius 3 is 2.72 bits per heavy atom. The van der Waals surface area contributed by atoms with Crippen LogP contribution in [0, 0.1) is 0 Å². The minimum absolute atomic E-state index is 0.352. The van der Waals surface area contributed by atoms with E-state index in [2.05, 4.69) is 10.3 Å². The van der Waals surface area contributed by atoms with Gasteiger partial charge < -0.3 is 14.5 Å². The molecule has 1 aliphatic rings. The first-order valence-corrected chi connectivity index (χ1v) is 5.78. The molecule has 0 spiro atoms. The molecule has 4 heteroatoms. The lowest BCUT2D eigenvalue weighted by Crippen LogP contribution is -2.10. The molecule has 0 bridgehead atoms. The van der Waals surface area contributed by atoms with Crippen LogP contribution >= 0.6 is 0 Å². The van der Waals surface area contributed by atoms with Crippen LogP contribution in [0.5, 0.6) is 5.75 Å². The largest absolute Gasteiger partial charge is 0.459 e. The van der Waals surface area contributed by atoms with Crippen LogP contribution in [0.15, 0.2) is 52.9 Å². The monoisotopic (exact) mass is 238 g/mol. The fourth-order valence-corrected chi connectivity index (χ4v) is 2.10. The van der Waals surface area contributed by atoms with Crippen LogP contribution in [0.25, 0.3) is 11.1 Å². The van der Waals surface area contributed by atoms with Gasteiger partial charge in [0.1, 0.15) is 11.3 Å². The number of anilines is 1. The molecular weight excluding hydrogens is 228 g/mol. The molecule has 2 heterocycles. The lowest BCUT2D eigenvalue weighted by Gasteiger charge is -2.05. The first kappa shape index (κ1) is 9.53. The third-order valence-corrected chi connectivity index (χ3v) is 2.95. The maximum Gasteiger partial charge on any atom is 0.258 e. The van der Waals surface area contributed by atoms with E-state index < -0.39 is 0 Å². The smallest absolute Gasteiger partial charge is 0.258 e. The Balaban J connectivity index is 1.73. The third kappa shape index (κ3) is 1.35. The molecule has 0 saturated carbocycles. The number of ether oxygens (including phenoxy) is 1. The molecule has 4 rings (SSSR count). The third-order valence-electron chi connectivity index (χ3n) is 2.95. The van der Waals surface area contributed by atoms with E-state index in [0.717, 1.165) is 22.5 Å². The molecule has 88 valence electrons. The second-order valence-electron chi connectivity index (χ2n) is 4.16. The summed E-state index contributed by atoms with van der Waals surface area (Å²) in [5, 5.41) is 3.23. The summed E-state index contributed by atoms with van der Waals surface area (Å²) in [6, 6.07) is 15.5. The minimum Gasteiger partial charge on any atom is -0.459 e. The van der Waals surface area contributed by atoms with Gasteiger partial charge in [-0.05, 0) is 24.3 Å². The van der Waals surface area contributed by atoms with Crippen LogP contribution in [0.1, 0.15) is 12.1 Å². The molecule has 0 fully saturated rings. The standard InChI is InChI=1S/C14H10N2O2/c1-3-7-11-9(5-1)15-13(17-11)14-16-10-6-2-4-8-12(10)18-14/h1-8,13,15H. The summed E-state index contributed by atoms with van der Waals surface area (Å²) in [7, 11) is 0. The number of oxazole rings is 1. The van der Waals surface area contributed by atoms with Crippen molar-refractivity contribution in [3.05, 3.63) is 54.4 Å². The number of hydrogen-bond donors (Lipinski definition) is 1. The quantitative estimate of drug-likeness (QED) is 0.706. The van der Waals surface area contributed by atoms with E-state index in [1.54, 1.807) is 0 Å². The highest BCUT2D eigenvalue weighted by Gasteiger charge is 2.27. The normalized spacial score (nSPS) is 17.2. The molecule has 18 heavy (non-hydrogen) atoms. The SMILES string of the molecule is c1ccc2c(c1)NC(c1nc3ccccc3o1)O2. The van der Waals surface area contributed by atoms with Crippen LogP contribution in [0.3, 0.4) is 0 Å². The van der Waals surface area contributed by atoms with E-state index in [1.165, 1.54) is 0 Å². The predicted octanol–water partition coefficient (Wildman–Crippen LogP) is 3.33. The highest BCUT2D eigenvalue weighted by molar-refractivity contribution is 5.72. The van der Waals surface area contributed by atoms with Crippen LogP contribution in [0.2, 0.25) is 0 Å². The fraction of sp³-hybridized carbons (Fsp3) is 0.0714. The molecular formula is C14H10N2O2. The molecule has 3 aromatic rings. The molecule has 1 aliphatic heterocycles. The summed E-state index contributed by atoms with van der Waals surface area (Å²) in [6.45, 7) is 0. The van der Waals surface area contributed by atoms with Crippen LogP contribution in [0.4, 0.5) is 5.69 Å². The van der Waals surface area contributed by atoms with Gasteiger partial charge in [-0.2, -0.15) is 0 Å². The van der Waals surface area contributed by atoms with Crippen molar-refractivity contribution in [1.82, 2.24) is 4.98 Å². The summed E-state index contributed by atoms with van der Waals surface area (Å²) >= 11 is 0. The van der Waals surface area contributed by atoms with Gasteiger partial charge in [-0.3, -0.25) is 0 Å². The number of benzene rings is 2. The second kappa shape index (κ2) is 3.50.